The Morgan fingerprint density at radius 2 is 1.52 bits per heavy atom. The molecule has 0 saturated carbocycles. The third-order valence-corrected chi connectivity index (χ3v) is 7.85. The molecule has 0 aliphatic rings. The number of phenols is 1. The van der Waals surface area contributed by atoms with Crippen LogP contribution in [0.15, 0.2) is 48.5 Å². The fraction of sp³-hybridized carbons (Fsp3) is 0.133. The van der Waals surface area contributed by atoms with E-state index in [1.54, 1.807) is 37.7 Å². The molecule has 2 aromatic rings. The van der Waals surface area contributed by atoms with E-state index in [2.05, 4.69) is 0 Å². The molecule has 2 N–H and O–H groups in total. The first-order valence-corrected chi connectivity index (χ1v) is 9.42. The second-order valence-electron chi connectivity index (χ2n) is 4.71. The summed E-state index contributed by atoms with van der Waals surface area (Å²) in [5, 5.41) is 18.7. The number of phenolic OH excluding ortho intramolecular Hbond substituents is 1. The molecule has 0 heterocycles. The molecule has 122 valence electrons. The summed E-state index contributed by atoms with van der Waals surface area (Å²) in [5.74, 6) is 0.567. The second kappa shape index (κ2) is 8.16. The molecule has 0 radical (unpaired) electrons. The molecular weight excluding hydrogens is 639 g/mol. The summed E-state index contributed by atoms with van der Waals surface area (Å²) < 4.78 is 6.29. The summed E-state index contributed by atoms with van der Waals surface area (Å²) in [6.07, 6.45) is 0.369. The number of halogens is 3. The highest BCUT2D eigenvalue weighted by molar-refractivity contribution is 14.2. The fourth-order valence-electron chi connectivity index (χ4n) is 1.80. The Morgan fingerprint density at radius 3 is 1.96 bits per heavy atom. The smallest absolute Gasteiger partial charge is 0.336 e. The zero-order valence-corrected chi connectivity index (χ0v) is 18.1. The van der Waals surface area contributed by atoms with E-state index < -0.39 is 9.51 Å². The van der Waals surface area contributed by atoms with Gasteiger partial charge in [-0.1, -0.05) is 12.1 Å². The molecule has 23 heavy (non-hydrogen) atoms. The van der Waals surface area contributed by atoms with Crippen molar-refractivity contribution in [3.8, 4) is 17.2 Å². The number of alkyl halides is 1. The number of hydrogen-bond donors (Lipinski definition) is 2. The first-order valence-electron chi connectivity index (χ1n) is 6.41. The van der Waals surface area contributed by atoms with Crippen molar-refractivity contribution in [2.45, 2.75) is 9.97 Å². The van der Waals surface area contributed by atoms with Gasteiger partial charge in [0.05, 0.1) is 0 Å². The van der Waals surface area contributed by atoms with Gasteiger partial charge in [0.1, 0.15) is 17.2 Å². The van der Waals surface area contributed by atoms with Gasteiger partial charge in [0.15, 0.2) is 3.55 Å². The first-order chi connectivity index (χ1) is 10.8. The van der Waals surface area contributed by atoms with Crippen molar-refractivity contribution in [2.24, 2.45) is 0 Å². The number of carboxylic acids is 1. The van der Waals surface area contributed by atoms with Gasteiger partial charge < -0.3 is 14.9 Å². The van der Waals surface area contributed by atoms with Crippen LogP contribution in [-0.4, -0.2) is 21.1 Å². The SMILES string of the molecule is O=C(O)[C@@](I)(Cc1ccc(Oc2ccc(O)cc2)cc1)N(I)I. The van der Waals surface area contributed by atoms with Crippen LogP contribution in [0.1, 0.15) is 5.56 Å². The van der Waals surface area contributed by atoms with Gasteiger partial charge in [0.2, 0.25) is 0 Å². The highest BCUT2D eigenvalue weighted by atomic mass is 127. The van der Waals surface area contributed by atoms with E-state index in [4.69, 9.17) is 4.74 Å². The minimum atomic E-state index is -1.02. The number of hydrogen-bond acceptors (Lipinski definition) is 4. The Bertz CT molecular complexity index is 676. The maximum atomic E-state index is 11.5. The summed E-state index contributed by atoms with van der Waals surface area (Å²) in [6.45, 7) is 0. The zero-order valence-electron chi connectivity index (χ0n) is 11.6. The van der Waals surface area contributed by atoms with E-state index in [0.29, 0.717) is 17.9 Å². The summed E-state index contributed by atoms with van der Waals surface area (Å²) >= 11 is 5.89. The minimum Gasteiger partial charge on any atom is -0.508 e. The number of aromatic hydroxyl groups is 1. The molecule has 0 aliphatic carbocycles. The van der Waals surface area contributed by atoms with Crippen molar-refractivity contribution < 1.29 is 19.7 Å². The molecule has 0 spiro atoms. The highest BCUT2D eigenvalue weighted by Crippen LogP contribution is 2.35. The Balaban J connectivity index is 2.10. The van der Waals surface area contributed by atoms with Crippen LogP contribution in [0.4, 0.5) is 0 Å². The van der Waals surface area contributed by atoms with Crippen molar-refractivity contribution in [3.05, 3.63) is 54.1 Å². The van der Waals surface area contributed by atoms with E-state index in [1.165, 1.54) is 0 Å². The van der Waals surface area contributed by atoms with Crippen molar-refractivity contribution in [3.63, 3.8) is 0 Å². The monoisotopic (exact) mass is 651 g/mol. The van der Waals surface area contributed by atoms with E-state index in [1.807, 2.05) is 80.5 Å². The van der Waals surface area contributed by atoms with Crippen molar-refractivity contribution >= 4 is 74.3 Å². The van der Waals surface area contributed by atoms with Crippen LogP contribution in [0.2, 0.25) is 0 Å². The summed E-state index contributed by atoms with van der Waals surface area (Å²) in [5.41, 5.74) is 0.901. The number of carbonyl (C=O) groups is 1. The van der Waals surface area contributed by atoms with Crippen molar-refractivity contribution in [2.75, 3.05) is 0 Å². The molecule has 0 aromatic heterocycles. The lowest BCUT2D eigenvalue weighted by Crippen LogP contribution is -2.41. The second-order valence-corrected chi connectivity index (χ2v) is 10.3. The number of rotatable bonds is 6. The summed E-state index contributed by atoms with van der Waals surface area (Å²) in [4.78, 5) is 11.5. The van der Waals surface area contributed by atoms with Crippen LogP contribution in [0, 0.1) is 0 Å². The standard InChI is InChI=1S/C15H12I3NO4/c16-15(14(21)22,19(17)18)9-10-1-5-12(6-2-10)23-13-7-3-11(20)4-8-13/h1-8,20H,9H2,(H,21,22)/t15-/m1/s1. The van der Waals surface area contributed by atoms with Crippen LogP contribution >= 0.6 is 68.3 Å². The number of carboxylic acid groups (broad SMARTS) is 1. The third kappa shape index (κ3) is 5.06. The molecule has 0 aliphatic heterocycles. The molecule has 8 heteroatoms. The van der Waals surface area contributed by atoms with Crippen molar-refractivity contribution in [1.29, 1.82) is 0 Å². The molecule has 2 aromatic carbocycles. The van der Waals surface area contributed by atoms with Gasteiger partial charge in [0.25, 0.3) is 0 Å². The molecular formula is C15H12I3NO4. The van der Waals surface area contributed by atoms with Crippen LogP contribution in [-0.2, 0) is 11.2 Å². The lowest BCUT2D eigenvalue weighted by molar-refractivity contribution is -0.140. The number of nitrogens with zero attached hydrogens (tertiary/aromatic N) is 1. The largest absolute Gasteiger partial charge is 0.508 e. The predicted octanol–water partition coefficient (Wildman–Crippen LogP) is 4.94. The van der Waals surface area contributed by atoms with Gasteiger partial charge in [0, 0.05) is 52.1 Å². The third-order valence-electron chi connectivity index (χ3n) is 3.03. The van der Waals surface area contributed by atoms with Gasteiger partial charge >= 0.3 is 5.97 Å². The Morgan fingerprint density at radius 1 is 1.04 bits per heavy atom. The van der Waals surface area contributed by atoms with Crippen LogP contribution in [0.25, 0.3) is 0 Å². The summed E-state index contributed by atoms with van der Waals surface area (Å²) in [7, 11) is 0. The van der Waals surface area contributed by atoms with E-state index in [9.17, 15) is 15.0 Å². The molecule has 0 bridgehead atoms. The minimum absolute atomic E-state index is 0.182. The molecule has 0 fully saturated rings. The lowest BCUT2D eigenvalue weighted by atomic mass is 10.1. The molecule has 5 nitrogen and oxygen atoms in total. The van der Waals surface area contributed by atoms with E-state index in [-0.39, 0.29) is 5.75 Å². The van der Waals surface area contributed by atoms with Gasteiger partial charge in [-0.3, -0.25) is 0 Å². The molecule has 1 atom stereocenters. The Kier molecular flexibility index (Phi) is 6.74. The number of aliphatic carboxylic acids is 1. The average molecular weight is 651 g/mol. The predicted molar refractivity (Wildman–Crippen MR) is 113 cm³/mol. The van der Waals surface area contributed by atoms with Gasteiger partial charge in [-0.2, -0.15) is 1.33 Å². The molecule has 0 unspecified atom stereocenters. The van der Waals surface area contributed by atoms with Gasteiger partial charge in [-0.05, 0) is 64.6 Å². The van der Waals surface area contributed by atoms with Gasteiger partial charge in [-0.25, -0.2) is 4.79 Å². The first kappa shape index (κ1) is 19.0. The Hall–Kier alpha value is -0.340. The number of benzene rings is 2. The van der Waals surface area contributed by atoms with Crippen molar-refractivity contribution in [1.82, 2.24) is 1.33 Å². The van der Waals surface area contributed by atoms with E-state index in [0.717, 1.165) is 5.56 Å². The normalized spacial score (nSPS) is 13.6. The number of ether oxygens (including phenoxy) is 1. The quantitative estimate of drug-likeness (QED) is 0.201. The Labute approximate surface area is 175 Å². The van der Waals surface area contributed by atoms with Crippen LogP contribution < -0.4 is 4.74 Å². The maximum Gasteiger partial charge on any atom is 0.336 e. The van der Waals surface area contributed by atoms with Crippen LogP contribution in [0.5, 0.6) is 17.2 Å². The topological polar surface area (TPSA) is 70.0 Å². The van der Waals surface area contributed by atoms with E-state index >= 15 is 0 Å². The molecule has 0 amide bonds. The fourth-order valence-corrected chi connectivity index (χ4v) is 3.00. The highest BCUT2D eigenvalue weighted by Gasteiger charge is 2.40. The molecule has 0 saturated heterocycles. The lowest BCUT2D eigenvalue weighted by Gasteiger charge is -2.26. The molecule has 2 rings (SSSR count). The maximum absolute atomic E-state index is 11.5. The zero-order chi connectivity index (χ0) is 17.0. The van der Waals surface area contributed by atoms with Gasteiger partial charge in [-0.15, -0.1) is 0 Å². The van der Waals surface area contributed by atoms with Crippen LogP contribution in [0.3, 0.4) is 0 Å². The average Bonchev–Trinajstić information content (AvgIpc) is 2.51. The summed E-state index contributed by atoms with van der Waals surface area (Å²) in [6, 6.07) is 13.7.